The molecule has 2 atom stereocenters. The monoisotopic (exact) mass is 319 g/mol. The average Bonchev–Trinajstić information content (AvgIpc) is 2.90. The van der Waals surface area contributed by atoms with Crippen LogP contribution in [0.2, 0.25) is 0 Å². The first kappa shape index (κ1) is 15.2. The van der Waals surface area contributed by atoms with Crippen molar-refractivity contribution in [1.82, 2.24) is 25.0 Å². The molecule has 0 radical (unpaired) electrons. The number of carbonyl (C=O) groups excluding carboxylic acids is 1. The summed E-state index contributed by atoms with van der Waals surface area (Å²) in [5.41, 5.74) is 0. The van der Waals surface area contributed by atoms with Crippen LogP contribution in [0.5, 0.6) is 0 Å². The molecule has 22 heavy (non-hydrogen) atoms. The molecule has 0 aliphatic carbocycles. The van der Waals surface area contributed by atoms with Gasteiger partial charge in [-0.25, -0.2) is 0 Å². The molecule has 2 aliphatic rings. The maximum atomic E-state index is 12.8. The van der Waals surface area contributed by atoms with Crippen molar-refractivity contribution in [3.63, 3.8) is 0 Å². The smallest absolute Gasteiger partial charge is 0.375 e. The van der Waals surface area contributed by atoms with Crippen molar-refractivity contribution in [2.24, 2.45) is 0 Å². The van der Waals surface area contributed by atoms with E-state index in [-0.39, 0.29) is 37.5 Å². The van der Waals surface area contributed by atoms with Gasteiger partial charge >= 0.3 is 6.18 Å². The Morgan fingerprint density at radius 2 is 2.14 bits per heavy atom. The number of aromatic nitrogens is 3. The van der Waals surface area contributed by atoms with Gasteiger partial charge in [0.25, 0.3) is 0 Å². The van der Waals surface area contributed by atoms with Crippen LogP contribution in [0.4, 0.5) is 13.2 Å². The Kier molecular flexibility index (Phi) is 3.81. The summed E-state index contributed by atoms with van der Waals surface area (Å²) in [5.74, 6) is -1.05. The number of ether oxygens (including phenoxy) is 1. The van der Waals surface area contributed by atoms with Crippen LogP contribution in [0.3, 0.4) is 0 Å². The van der Waals surface area contributed by atoms with Crippen molar-refractivity contribution in [2.75, 3.05) is 19.7 Å². The fourth-order valence-electron chi connectivity index (χ4n) is 2.76. The second-order valence-electron chi connectivity index (χ2n) is 5.36. The lowest BCUT2D eigenvalue weighted by atomic mass is 10.1. The van der Waals surface area contributed by atoms with Crippen LogP contribution < -0.4 is 5.32 Å². The summed E-state index contributed by atoms with van der Waals surface area (Å²) in [5, 5.41) is 9.85. The van der Waals surface area contributed by atoms with Gasteiger partial charge in [-0.05, 0) is 6.92 Å². The van der Waals surface area contributed by atoms with E-state index in [1.54, 1.807) is 6.92 Å². The number of morpholine rings is 1. The highest BCUT2D eigenvalue weighted by atomic mass is 19.4. The fraction of sp³-hybridized carbons (Fsp3) is 0.750. The van der Waals surface area contributed by atoms with E-state index in [0.717, 1.165) is 4.57 Å². The number of nitrogens with one attached hydrogen (secondary N) is 1. The maximum absolute atomic E-state index is 12.8. The predicted molar refractivity (Wildman–Crippen MR) is 67.6 cm³/mol. The van der Waals surface area contributed by atoms with Crippen LogP contribution in [0.1, 0.15) is 18.6 Å². The van der Waals surface area contributed by atoms with Crippen LogP contribution in [-0.2, 0) is 28.8 Å². The molecule has 10 heteroatoms. The fourth-order valence-corrected chi connectivity index (χ4v) is 2.76. The minimum absolute atomic E-state index is 0.0206. The molecule has 0 unspecified atom stereocenters. The van der Waals surface area contributed by atoms with Gasteiger partial charge in [-0.3, -0.25) is 4.79 Å². The van der Waals surface area contributed by atoms with Crippen LogP contribution in [0.15, 0.2) is 0 Å². The molecule has 2 aliphatic heterocycles. The number of nitrogens with zero attached hydrogens (tertiary/aromatic N) is 4. The number of alkyl halides is 3. The number of hydrogen-bond donors (Lipinski definition) is 1. The summed E-state index contributed by atoms with van der Waals surface area (Å²) in [7, 11) is 0. The molecule has 1 amide bonds. The van der Waals surface area contributed by atoms with Gasteiger partial charge in [0.1, 0.15) is 6.04 Å². The van der Waals surface area contributed by atoms with E-state index >= 15 is 0 Å². The van der Waals surface area contributed by atoms with E-state index in [0.29, 0.717) is 13.2 Å². The maximum Gasteiger partial charge on any atom is 0.451 e. The van der Waals surface area contributed by atoms with Gasteiger partial charge in [-0.2, -0.15) is 13.2 Å². The molecule has 1 aromatic rings. The van der Waals surface area contributed by atoms with E-state index < -0.39 is 18.0 Å². The van der Waals surface area contributed by atoms with E-state index in [1.165, 1.54) is 4.90 Å². The Balaban J connectivity index is 1.74. The van der Waals surface area contributed by atoms with E-state index in [9.17, 15) is 18.0 Å². The van der Waals surface area contributed by atoms with E-state index in [4.69, 9.17) is 4.74 Å². The zero-order valence-corrected chi connectivity index (χ0v) is 11.9. The number of hydrogen-bond acceptors (Lipinski definition) is 5. The van der Waals surface area contributed by atoms with Crippen molar-refractivity contribution in [3.05, 3.63) is 11.6 Å². The Morgan fingerprint density at radius 1 is 1.36 bits per heavy atom. The Bertz CT molecular complexity index is 574. The van der Waals surface area contributed by atoms with Crippen LogP contribution in [0.25, 0.3) is 0 Å². The topological polar surface area (TPSA) is 72.3 Å². The van der Waals surface area contributed by atoms with Crippen LogP contribution in [0, 0.1) is 0 Å². The third-order valence-electron chi connectivity index (χ3n) is 3.90. The summed E-state index contributed by atoms with van der Waals surface area (Å²) in [6.07, 6.45) is -4.81. The molecule has 0 saturated carbocycles. The number of carbonyl (C=O) groups is 1. The highest BCUT2D eigenvalue weighted by molar-refractivity contribution is 5.82. The molecule has 0 aromatic carbocycles. The number of amides is 1. The summed E-state index contributed by atoms with van der Waals surface area (Å²) >= 11 is 0. The second-order valence-corrected chi connectivity index (χ2v) is 5.36. The first-order chi connectivity index (χ1) is 10.4. The Hall–Kier alpha value is -1.68. The molecule has 0 spiro atoms. The molecule has 1 saturated heterocycles. The molecule has 1 N–H and O–H groups in total. The first-order valence-electron chi connectivity index (χ1n) is 7.01. The number of fused-ring (bicyclic) bond motifs is 1. The van der Waals surface area contributed by atoms with Gasteiger partial charge in [0, 0.05) is 19.6 Å². The average molecular weight is 319 g/mol. The molecule has 122 valence electrons. The number of rotatable bonds is 1. The molecule has 7 nitrogen and oxygen atoms in total. The SMILES string of the molecule is C[C@H]1OCCN[C@@H]1C(=O)N1CCn2c(nnc2C(F)(F)F)C1. The third kappa shape index (κ3) is 2.68. The lowest BCUT2D eigenvalue weighted by molar-refractivity contribution is -0.148. The van der Waals surface area contributed by atoms with Crippen molar-refractivity contribution < 1.29 is 22.7 Å². The lowest BCUT2D eigenvalue weighted by Gasteiger charge is -2.35. The van der Waals surface area contributed by atoms with E-state index in [2.05, 4.69) is 15.5 Å². The van der Waals surface area contributed by atoms with Gasteiger partial charge in [0.15, 0.2) is 5.82 Å². The molecular weight excluding hydrogens is 303 g/mol. The minimum atomic E-state index is -4.54. The highest BCUT2D eigenvalue weighted by Crippen LogP contribution is 2.29. The summed E-state index contributed by atoms with van der Waals surface area (Å²) < 4.78 is 44.8. The summed E-state index contributed by atoms with van der Waals surface area (Å²) in [6, 6.07) is -0.481. The number of halogens is 3. The minimum Gasteiger partial charge on any atom is -0.375 e. The van der Waals surface area contributed by atoms with Crippen molar-refractivity contribution in [3.8, 4) is 0 Å². The van der Waals surface area contributed by atoms with Gasteiger partial charge in [-0.1, -0.05) is 0 Å². The van der Waals surface area contributed by atoms with Gasteiger partial charge in [-0.15, -0.1) is 10.2 Å². The van der Waals surface area contributed by atoms with E-state index in [1.807, 2.05) is 0 Å². The second kappa shape index (κ2) is 5.51. The lowest BCUT2D eigenvalue weighted by Crippen LogP contribution is -2.57. The van der Waals surface area contributed by atoms with Crippen LogP contribution in [-0.4, -0.2) is 57.4 Å². The van der Waals surface area contributed by atoms with Crippen molar-refractivity contribution >= 4 is 5.91 Å². The normalized spacial score (nSPS) is 25.9. The molecule has 3 heterocycles. The summed E-state index contributed by atoms with van der Waals surface area (Å²) in [6.45, 7) is 3.15. The standard InChI is InChI=1S/C12H16F3N5O2/c1-7-9(16-2-5-22-7)10(21)19-3-4-20-8(6-19)17-18-11(20)12(13,14)15/h7,9,16H,2-6H2,1H3/t7-,9+/m1/s1. The Labute approximate surface area is 124 Å². The van der Waals surface area contributed by atoms with Gasteiger partial charge in [0.05, 0.1) is 19.3 Å². The Morgan fingerprint density at radius 3 is 2.82 bits per heavy atom. The quantitative estimate of drug-likeness (QED) is 0.790. The predicted octanol–water partition coefficient (Wildman–Crippen LogP) is 0.0160. The first-order valence-corrected chi connectivity index (χ1v) is 7.01. The highest BCUT2D eigenvalue weighted by Gasteiger charge is 2.41. The third-order valence-corrected chi connectivity index (χ3v) is 3.90. The van der Waals surface area contributed by atoms with Gasteiger partial charge in [0.2, 0.25) is 11.7 Å². The largest absolute Gasteiger partial charge is 0.451 e. The summed E-state index contributed by atoms with van der Waals surface area (Å²) in [4.78, 5) is 14.0. The molecular formula is C12H16F3N5O2. The zero-order valence-electron chi connectivity index (χ0n) is 11.9. The molecule has 1 fully saturated rings. The van der Waals surface area contributed by atoms with Crippen molar-refractivity contribution in [2.45, 2.75) is 38.3 Å². The molecule has 1 aromatic heterocycles. The molecule has 3 rings (SSSR count). The zero-order chi connectivity index (χ0) is 15.9. The van der Waals surface area contributed by atoms with Crippen LogP contribution >= 0.6 is 0 Å². The van der Waals surface area contributed by atoms with Gasteiger partial charge < -0.3 is 19.5 Å². The van der Waals surface area contributed by atoms with Crippen molar-refractivity contribution in [1.29, 1.82) is 0 Å². The molecule has 0 bridgehead atoms.